The quantitative estimate of drug-likeness (QED) is 0.668. The van der Waals surface area contributed by atoms with E-state index in [1.165, 1.54) is 51.7 Å². The lowest BCUT2D eigenvalue weighted by molar-refractivity contribution is 0.106. The maximum atomic E-state index is 3.54. The highest BCUT2D eigenvalue weighted by atomic mass is 15.2. The lowest BCUT2D eigenvalue weighted by Gasteiger charge is -2.40. The van der Waals surface area contributed by atoms with Crippen LogP contribution in [0.15, 0.2) is 0 Å². The third kappa shape index (κ3) is 2.94. The van der Waals surface area contributed by atoms with Crippen LogP contribution in [0.4, 0.5) is 0 Å². The van der Waals surface area contributed by atoms with Crippen molar-refractivity contribution in [3.05, 3.63) is 0 Å². The van der Waals surface area contributed by atoms with Crippen LogP contribution in [0.3, 0.4) is 0 Å². The number of hydrogen-bond acceptors (Lipinski definition) is 2. The first kappa shape index (κ1) is 11.4. The van der Waals surface area contributed by atoms with E-state index in [2.05, 4.69) is 24.1 Å². The van der Waals surface area contributed by atoms with E-state index in [0.717, 1.165) is 12.0 Å². The van der Waals surface area contributed by atoms with Crippen molar-refractivity contribution in [2.24, 2.45) is 5.92 Å². The van der Waals surface area contributed by atoms with Gasteiger partial charge in [-0.05, 0) is 25.7 Å². The van der Waals surface area contributed by atoms with Crippen LogP contribution >= 0.6 is 0 Å². The Labute approximate surface area is 94.4 Å². The van der Waals surface area contributed by atoms with Gasteiger partial charge in [0, 0.05) is 31.7 Å². The van der Waals surface area contributed by atoms with E-state index in [9.17, 15) is 0 Å². The molecule has 0 aromatic rings. The lowest BCUT2D eigenvalue weighted by Crippen LogP contribution is -2.54. The smallest absolute Gasteiger partial charge is 0.0167 e. The van der Waals surface area contributed by atoms with Gasteiger partial charge < -0.3 is 5.32 Å². The summed E-state index contributed by atoms with van der Waals surface area (Å²) in [4.78, 5) is 2.75. The van der Waals surface area contributed by atoms with Crippen LogP contribution in [-0.4, -0.2) is 36.6 Å². The summed E-state index contributed by atoms with van der Waals surface area (Å²) in [5, 5.41) is 3.54. The number of nitrogens with zero attached hydrogens (tertiary/aromatic N) is 1. The van der Waals surface area contributed by atoms with Crippen molar-refractivity contribution in [1.82, 2.24) is 10.2 Å². The Morgan fingerprint density at radius 2 is 1.87 bits per heavy atom. The number of piperazine rings is 1. The molecule has 1 heterocycles. The largest absolute Gasteiger partial charge is 0.312 e. The Morgan fingerprint density at radius 1 is 1.07 bits per heavy atom. The Balaban J connectivity index is 1.94. The SMILES string of the molecule is CC1CN(C2CCCCCC2C)CCN1. The molecule has 1 N–H and O–H groups in total. The first-order chi connectivity index (χ1) is 7.27. The number of rotatable bonds is 1. The molecule has 2 rings (SSSR count). The molecule has 3 atom stereocenters. The highest BCUT2D eigenvalue weighted by Crippen LogP contribution is 2.27. The Morgan fingerprint density at radius 3 is 2.67 bits per heavy atom. The van der Waals surface area contributed by atoms with Gasteiger partial charge in [0.2, 0.25) is 0 Å². The van der Waals surface area contributed by atoms with E-state index < -0.39 is 0 Å². The van der Waals surface area contributed by atoms with E-state index in [1.54, 1.807) is 0 Å². The monoisotopic (exact) mass is 210 g/mol. The zero-order chi connectivity index (χ0) is 10.7. The highest BCUT2D eigenvalue weighted by Gasteiger charge is 2.28. The molecular weight excluding hydrogens is 184 g/mol. The molecule has 0 aromatic carbocycles. The minimum atomic E-state index is 0.689. The van der Waals surface area contributed by atoms with Crippen LogP contribution in [0.1, 0.15) is 46.0 Å². The highest BCUT2D eigenvalue weighted by molar-refractivity contribution is 4.85. The Bertz CT molecular complexity index is 193. The van der Waals surface area contributed by atoms with E-state index in [4.69, 9.17) is 0 Å². The van der Waals surface area contributed by atoms with Gasteiger partial charge in [0.1, 0.15) is 0 Å². The van der Waals surface area contributed by atoms with Gasteiger partial charge in [-0.25, -0.2) is 0 Å². The van der Waals surface area contributed by atoms with Gasteiger partial charge in [-0.1, -0.05) is 26.2 Å². The predicted octanol–water partition coefficient (Wildman–Crippen LogP) is 2.25. The summed E-state index contributed by atoms with van der Waals surface area (Å²) in [5.74, 6) is 0.915. The van der Waals surface area contributed by atoms with E-state index >= 15 is 0 Å². The van der Waals surface area contributed by atoms with Gasteiger partial charge in [-0.3, -0.25) is 4.90 Å². The van der Waals surface area contributed by atoms with E-state index in [1.807, 2.05) is 0 Å². The van der Waals surface area contributed by atoms with Gasteiger partial charge in [0.15, 0.2) is 0 Å². The van der Waals surface area contributed by atoms with Crippen LogP contribution in [-0.2, 0) is 0 Å². The van der Waals surface area contributed by atoms with Gasteiger partial charge in [0.05, 0.1) is 0 Å². The summed E-state index contributed by atoms with van der Waals surface area (Å²) in [7, 11) is 0. The molecule has 3 unspecified atom stereocenters. The van der Waals surface area contributed by atoms with Crippen molar-refractivity contribution >= 4 is 0 Å². The van der Waals surface area contributed by atoms with Crippen molar-refractivity contribution in [2.45, 2.75) is 58.0 Å². The standard InChI is InChI=1S/C13H26N2/c1-11-6-4-3-5-7-13(11)15-9-8-14-12(2)10-15/h11-14H,3-10H2,1-2H3. The molecule has 0 spiro atoms. The normalized spacial score (nSPS) is 40.0. The summed E-state index contributed by atoms with van der Waals surface area (Å²) in [5.41, 5.74) is 0. The molecule has 1 saturated heterocycles. The van der Waals surface area contributed by atoms with Crippen LogP contribution in [0.5, 0.6) is 0 Å². The molecule has 0 radical (unpaired) electrons. The molecule has 2 fully saturated rings. The molecular formula is C13H26N2. The van der Waals surface area contributed by atoms with Crippen LogP contribution < -0.4 is 5.32 Å². The third-order valence-corrected chi connectivity index (χ3v) is 4.19. The fourth-order valence-corrected chi connectivity index (χ4v) is 3.28. The average Bonchev–Trinajstić information content (AvgIpc) is 2.43. The molecule has 15 heavy (non-hydrogen) atoms. The van der Waals surface area contributed by atoms with E-state index in [-0.39, 0.29) is 0 Å². The van der Waals surface area contributed by atoms with Crippen molar-refractivity contribution in [3.8, 4) is 0 Å². The summed E-state index contributed by atoms with van der Waals surface area (Å²) < 4.78 is 0. The van der Waals surface area contributed by atoms with Crippen molar-refractivity contribution < 1.29 is 0 Å². The topological polar surface area (TPSA) is 15.3 Å². The molecule has 1 aliphatic carbocycles. The average molecular weight is 210 g/mol. The minimum Gasteiger partial charge on any atom is -0.312 e. The maximum absolute atomic E-state index is 3.54. The lowest BCUT2D eigenvalue weighted by atomic mass is 9.94. The first-order valence-electron chi connectivity index (χ1n) is 6.75. The summed E-state index contributed by atoms with van der Waals surface area (Å²) in [6, 6.07) is 1.56. The zero-order valence-electron chi connectivity index (χ0n) is 10.3. The maximum Gasteiger partial charge on any atom is 0.0167 e. The second-order valence-electron chi connectivity index (χ2n) is 5.53. The van der Waals surface area contributed by atoms with Gasteiger partial charge in [-0.2, -0.15) is 0 Å². The molecule has 1 aliphatic heterocycles. The molecule has 2 heteroatoms. The van der Waals surface area contributed by atoms with Crippen LogP contribution in [0.2, 0.25) is 0 Å². The molecule has 88 valence electrons. The molecule has 0 amide bonds. The third-order valence-electron chi connectivity index (χ3n) is 4.19. The molecule has 0 bridgehead atoms. The van der Waals surface area contributed by atoms with Crippen LogP contribution in [0.25, 0.3) is 0 Å². The van der Waals surface area contributed by atoms with E-state index in [0.29, 0.717) is 6.04 Å². The Kier molecular flexibility index (Phi) is 4.04. The van der Waals surface area contributed by atoms with Gasteiger partial charge >= 0.3 is 0 Å². The number of nitrogens with one attached hydrogen (secondary N) is 1. The number of hydrogen-bond donors (Lipinski definition) is 1. The second-order valence-corrected chi connectivity index (χ2v) is 5.53. The molecule has 2 aliphatic rings. The summed E-state index contributed by atoms with van der Waals surface area (Å²) in [6.07, 6.45) is 7.26. The Hall–Kier alpha value is -0.0800. The van der Waals surface area contributed by atoms with Crippen molar-refractivity contribution in [2.75, 3.05) is 19.6 Å². The fraction of sp³-hybridized carbons (Fsp3) is 1.00. The summed E-state index contributed by atoms with van der Waals surface area (Å²) >= 11 is 0. The summed E-state index contributed by atoms with van der Waals surface area (Å²) in [6.45, 7) is 8.48. The second kappa shape index (κ2) is 5.31. The van der Waals surface area contributed by atoms with Gasteiger partial charge in [-0.15, -0.1) is 0 Å². The van der Waals surface area contributed by atoms with Crippen LogP contribution in [0, 0.1) is 5.92 Å². The zero-order valence-corrected chi connectivity index (χ0v) is 10.3. The van der Waals surface area contributed by atoms with Gasteiger partial charge in [0.25, 0.3) is 0 Å². The van der Waals surface area contributed by atoms with Crippen molar-refractivity contribution in [3.63, 3.8) is 0 Å². The first-order valence-corrected chi connectivity index (χ1v) is 6.75. The van der Waals surface area contributed by atoms with Crippen molar-refractivity contribution in [1.29, 1.82) is 0 Å². The molecule has 0 aromatic heterocycles. The molecule has 1 saturated carbocycles. The fourth-order valence-electron chi connectivity index (χ4n) is 3.28. The predicted molar refractivity (Wildman–Crippen MR) is 65.1 cm³/mol. The molecule has 2 nitrogen and oxygen atoms in total. The minimum absolute atomic E-state index is 0.689.